The van der Waals surface area contributed by atoms with Crippen LogP contribution >= 0.6 is 0 Å². The molecule has 0 amide bonds. The molecule has 0 aromatic heterocycles. The lowest BCUT2D eigenvalue weighted by Crippen LogP contribution is -2.57. The first-order valence-electron chi connectivity index (χ1n) is 4.72. The van der Waals surface area contributed by atoms with Gasteiger partial charge in [-0.3, -0.25) is 0 Å². The van der Waals surface area contributed by atoms with Crippen LogP contribution in [-0.2, 0) is 9.31 Å². The van der Waals surface area contributed by atoms with E-state index in [0.29, 0.717) is 0 Å². The monoisotopic (exact) mass is 221 g/mol. The van der Waals surface area contributed by atoms with Crippen LogP contribution in [0.4, 0.5) is 0 Å². The molecule has 0 spiro atoms. The van der Waals surface area contributed by atoms with E-state index in [0.717, 1.165) is 0 Å². The molecule has 0 radical (unpaired) electrons. The van der Waals surface area contributed by atoms with Crippen LogP contribution in [0.15, 0.2) is 0 Å². The van der Waals surface area contributed by atoms with Crippen molar-refractivity contribution >= 4 is 7.12 Å². The van der Waals surface area contributed by atoms with Crippen molar-refractivity contribution in [1.29, 1.82) is 0 Å². The van der Waals surface area contributed by atoms with Crippen molar-refractivity contribution in [1.82, 2.24) is 0 Å². The van der Waals surface area contributed by atoms with Crippen molar-refractivity contribution < 1.29 is 29.7 Å². The molecule has 88 valence electrons. The van der Waals surface area contributed by atoms with Gasteiger partial charge < -0.3 is 35.5 Å². The van der Waals surface area contributed by atoms with Gasteiger partial charge in [-0.25, -0.2) is 0 Å². The van der Waals surface area contributed by atoms with E-state index in [1.54, 1.807) is 0 Å². The average molecular weight is 221 g/mol. The van der Waals surface area contributed by atoms with Gasteiger partial charge in [-0.1, -0.05) is 0 Å². The van der Waals surface area contributed by atoms with E-state index in [1.165, 1.54) is 0 Å². The van der Waals surface area contributed by atoms with Crippen molar-refractivity contribution in [2.75, 3.05) is 19.7 Å². The predicted molar refractivity (Wildman–Crippen MR) is 50.7 cm³/mol. The molecular formula is C7H16BNO6. The van der Waals surface area contributed by atoms with Crippen LogP contribution < -0.4 is 5.73 Å². The molecule has 1 rings (SSSR count). The normalized spacial score (nSPS) is 31.4. The second kappa shape index (κ2) is 5.76. The summed E-state index contributed by atoms with van der Waals surface area (Å²) in [5, 5.41) is 36.8. The summed E-state index contributed by atoms with van der Waals surface area (Å²) in [5.74, 6) is 0. The Morgan fingerprint density at radius 3 is 2.67 bits per heavy atom. The van der Waals surface area contributed by atoms with Crippen molar-refractivity contribution in [2.45, 2.75) is 24.4 Å². The van der Waals surface area contributed by atoms with Gasteiger partial charge >= 0.3 is 7.12 Å². The number of aliphatic hydroxyl groups is 4. The van der Waals surface area contributed by atoms with Crippen LogP contribution in [0, 0.1) is 0 Å². The summed E-state index contributed by atoms with van der Waals surface area (Å²) in [6, 6.07) is 0. The Hall–Kier alpha value is -0.215. The van der Waals surface area contributed by atoms with Gasteiger partial charge in [-0.15, -0.1) is 0 Å². The van der Waals surface area contributed by atoms with E-state index >= 15 is 0 Å². The lowest BCUT2D eigenvalue weighted by molar-refractivity contribution is -0.137. The van der Waals surface area contributed by atoms with Crippen molar-refractivity contribution in [3.8, 4) is 0 Å². The van der Waals surface area contributed by atoms with Crippen LogP contribution in [-0.4, -0.2) is 71.6 Å². The SMILES string of the molecule is NCB1OCC(O)C(C(O)C(O)CO)O1. The Kier molecular flexibility index (Phi) is 4.93. The summed E-state index contributed by atoms with van der Waals surface area (Å²) in [6.45, 7) is -0.635. The fourth-order valence-corrected chi connectivity index (χ4v) is 1.36. The Morgan fingerprint density at radius 2 is 2.13 bits per heavy atom. The van der Waals surface area contributed by atoms with Crippen LogP contribution in [0.2, 0.25) is 0 Å². The van der Waals surface area contributed by atoms with Crippen molar-refractivity contribution in [2.24, 2.45) is 5.73 Å². The van der Waals surface area contributed by atoms with E-state index in [9.17, 15) is 15.3 Å². The Labute approximate surface area is 87.6 Å². The van der Waals surface area contributed by atoms with Gasteiger partial charge in [0.1, 0.15) is 18.3 Å². The van der Waals surface area contributed by atoms with Crippen molar-refractivity contribution in [3.05, 3.63) is 0 Å². The zero-order valence-electron chi connectivity index (χ0n) is 8.19. The summed E-state index contributed by atoms with van der Waals surface area (Å²) in [6.07, 6.45) is -4.70. The zero-order chi connectivity index (χ0) is 11.4. The van der Waals surface area contributed by atoms with Gasteiger partial charge in [0.2, 0.25) is 0 Å². The van der Waals surface area contributed by atoms with Gasteiger partial charge in [0.25, 0.3) is 0 Å². The minimum absolute atomic E-state index is 0.0260. The number of hydrogen-bond acceptors (Lipinski definition) is 7. The molecule has 15 heavy (non-hydrogen) atoms. The predicted octanol–water partition coefficient (Wildman–Crippen LogP) is -3.54. The van der Waals surface area contributed by atoms with E-state index in [4.69, 9.17) is 20.1 Å². The van der Waals surface area contributed by atoms with Gasteiger partial charge in [0, 0.05) is 6.44 Å². The number of nitrogens with two attached hydrogens (primary N) is 1. The molecule has 1 fully saturated rings. The van der Waals surface area contributed by atoms with E-state index in [-0.39, 0.29) is 13.1 Å². The van der Waals surface area contributed by atoms with Gasteiger partial charge in [0.15, 0.2) is 0 Å². The summed E-state index contributed by atoms with van der Waals surface area (Å²) in [4.78, 5) is 0. The molecule has 1 heterocycles. The first kappa shape index (κ1) is 12.9. The molecule has 0 aromatic rings. The smallest absolute Gasteiger partial charge is 0.408 e. The molecule has 1 aliphatic heterocycles. The molecule has 7 nitrogen and oxygen atoms in total. The number of aliphatic hydroxyl groups excluding tert-OH is 4. The highest BCUT2D eigenvalue weighted by molar-refractivity contribution is 6.44. The van der Waals surface area contributed by atoms with Crippen LogP contribution in [0.5, 0.6) is 0 Å². The average Bonchev–Trinajstić information content (AvgIpc) is 2.27. The fraction of sp³-hybridized carbons (Fsp3) is 1.00. The minimum Gasteiger partial charge on any atom is -0.408 e. The molecule has 1 saturated heterocycles. The maximum atomic E-state index is 9.53. The van der Waals surface area contributed by atoms with E-state index in [1.807, 2.05) is 0 Å². The highest BCUT2D eigenvalue weighted by atomic mass is 16.6. The Bertz CT molecular complexity index is 194. The Morgan fingerprint density at radius 1 is 1.47 bits per heavy atom. The first-order valence-corrected chi connectivity index (χ1v) is 4.72. The number of hydrogen-bond donors (Lipinski definition) is 5. The third-order valence-corrected chi connectivity index (χ3v) is 2.25. The van der Waals surface area contributed by atoms with Gasteiger partial charge in [-0.2, -0.15) is 0 Å². The number of rotatable bonds is 4. The summed E-state index contributed by atoms with van der Waals surface area (Å²) < 4.78 is 10.1. The highest BCUT2D eigenvalue weighted by Gasteiger charge is 2.39. The minimum atomic E-state index is -1.37. The molecule has 6 N–H and O–H groups in total. The van der Waals surface area contributed by atoms with Gasteiger partial charge in [0.05, 0.1) is 19.3 Å². The molecule has 4 atom stereocenters. The topological polar surface area (TPSA) is 125 Å². The summed E-state index contributed by atoms with van der Waals surface area (Å²) in [7, 11) is -0.709. The maximum absolute atomic E-state index is 9.53. The van der Waals surface area contributed by atoms with E-state index in [2.05, 4.69) is 0 Å². The largest absolute Gasteiger partial charge is 0.471 e. The second-order valence-electron chi connectivity index (χ2n) is 3.41. The van der Waals surface area contributed by atoms with Crippen LogP contribution in [0.3, 0.4) is 0 Å². The molecule has 0 bridgehead atoms. The second-order valence-corrected chi connectivity index (χ2v) is 3.41. The highest BCUT2D eigenvalue weighted by Crippen LogP contribution is 2.16. The molecule has 1 aliphatic rings. The lowest BCUT2D eigenvalue weighted by atomic mass is 9.86. The standard InChI is InChI=1S/C7H16BNO6/c9-3-8-14-2-5(12)7(15-8)6(13)4(11)1-10/h4-7,10-13H,1-3,9H2. The molecule has 8 heteroatoms. The first-order chi connectivity index (χ1) is 7.10. The summed E-state index contributed by atoms with van der Waals surface area (Å²) >= 11 is 0. The maximum Gasteiger partial charge on any atom is 0.471 e. The quantitative estimate of drug-likeness (QED) is 0.311. The third kappa shape index (κ3) is 3.12. The van der Waals surface area contributed by atoms with Crippen LogP contribution in [0.25, 0.3) is 0 Å². The van der Waals surface area contributed by atoms with Crippen LogP contribution in [0.1, 0.15) is 0 Å². The molecule has 4 unspecified atom stereocenters. The fourth-order valence-electron chi connectivity index (χ4n) is 1.36. The molecule has 0 saturated carbocycles. The molecule has 0 aliphatic carbocycles. The summed E-state index contributed by atoms with van der Waals surface area (Å²) in [5.41, 5.74) is 5.29. The van der Waals surface area contributed by atoms with Crippen molar-refractivity contribution in [3.63, 3.8) is 0 Å². The lowest BCUT2D eigenvalue weighted by Gasteiger charge is -2.36. The Balaban J connectivity index is 2.56. The molecular weight excluding hydrogens is 205 g/mol. The zero-order valence-corrected chi connectivity index (χ0v) is 8.19. The third-order valence-electron chi connectivity index (χ3n) is 2.25. The van der Waals surface area contributed by atoms with E-state index < -0.39 is 38.1 Å². The molecule has 0 aromatic carbocycles. The van der Waals surface area contributed by atoms with Gasteiger partial charge in [-0.05, 0) is 0 Å².